The van der Waals surface area contributed by atoms with Gasteiger partial charge in [-0.25, -0.2) is 0 Å². The minimum atomic E-state index is -0.315. The number of methoxy groups -OCH3 is 1. The van der Waals surface area contributed by atoms with Gasteiger partial charge in [0.15, 0.2) is 0 Å². The first-order chi connectivity index (χ1) is 14.3. The molecule has 1 amide bonds. The molecule has 4 heteroatoms. The van der Waals surface area contributed by atoms with Crippen molar-refractivity contribution >= 4 is 16.8 Å². The van der Waals surface area contributed by atoms with E-state index in [2.05, 4.69) is 16.4 Å². The molecule has 4 nitrogen and oxygen atoms in total. The van der Waals surface area contributed by atoms with Crippen LogP contribution in [0.15, 0.2) is 85.1 Å². The van der Waals surface area contributed by atoms with Crippen molar-refractivity contribution in [3.8, 4) is 5.75 Å². The molecule has 4 rings (SSSR count). The second kappa shape index (κ2) is 8.65. The van der Waals surface area contributed by atoms with Crippen molar-refractivity contribution in [3.63, 3.8) is 0 Å². The molecule has 0 fully saturated rings. The Morgan fingerprint density at radius 3 is 2.24 bits per heavy atom. The number of hydrogen-bond acceptors (Lipinski definition) is 2. The van der Waals surface area contributed by atoms with Crippen LogP contribution in [0.25, 0.3) is 10.9 Å². The average molecular weight is 384 g/mol. The van der Waals surface area contributed by atoms with Crippen LogP contribution in [0.5, 0.6) is 5.75 Å². The Hall–Kier alpha value is -3.53. The van der Waals surface area contributed by atoms with E-state index in [4.69, 9.17) is 4.74 Å². The predicted octanol–water partition coefficient (Wildman–Crippen LogP) is 4.67. The Labute approximate surface area is 170 Å². The number of fused-ring (bicyclic) bond motifs is 1. The van der Waals surface area contributed by atoms with Gasteiger partial charge in [0.25, 0.3) is 0 Å². The number of benzene rings is 3. The van der Waals surface area contributed by atoms with Crippen LogP contribution in [0.3, 0.4) is 0 Å². The van der Waals surface area contributed by atoms with E-state index in [-0.39, 0.29) is 11.8 Å². The van der Waals surface area contributed by atoms with Gasteiger partial charge < -0.3 is 15.0 Å². The maximum absolute atomic E-state index is 13.1. The number of carbonyl (C=O) groups excluding carboxylic acids is 1. The number of carbonyl (C=O) groups is 1. The van der Waals surface area contributed by atoms with Crippen LogP contribution in [0.4, 0.5) is 0 Å². The molecule has 0 aliphatic carbocycles. The van der Waals surface area contributed by atoms with Gasteiger partial charge in [0.05, 0.1) is 13.0 Å². The quantitative estimate of drug-likeness (QED) is 0.487. The van der Waals surface area contributed by atoms with E-state index in [0.29, 0.717) is 6.54 Å². The molecule has 1 heterocycles. The summed E-state index contributed by atoms with van der Waals surface area (Å²) in [6, 6.07) is 25.8. The Morgan fingerprint density at radius 1 is 0.966 bits per heavy atom. The molecule has 0 bridgehead atoms. The molecule has 2 N–H and O–H groups in total. The second-order valence-corrected chi connectivity index (χ2v) is 7.02. The molecule has 0 saturated heterocycles. The highest BCUT2D eigenvalue weighted by Gasteiger charge is 2.22. The summed E-state index contributed by atoms with van der Waals surface area (Å²) in [4.78, 5) is 16.4. The molecule has 3 aromatic carbocycles. The molecule has 0 atom stereocenters. The number of aromatic amines is 1. The fourth-order valence-electron chi connectivity index (χ4n) is 3.71. The van der Waals surface area contributed by atoms with Crippen molar-refractivity contribution in [2.45, 2.75) is 12.3 Å². The zero-order valence-electron chi connectivity index (χ0n) is 16.4. The Morgan fingerprint density at radius 2 is 1.62 bits per heavy atom. The molecule has 0 aliphatic heterocycles. The van der Waals surface area contributed by atoms with Gasteiger partial charge in [0.2, 0.25) is 5.91 Å². The maximum atomic E-state index is 13.1. The molecular weight excluding hydrogens is 360 g/mol. The zero-order valence-corrected chi connectivity index (χ0v) is 16.4. The molecule has 29 heavy (non-hydrogen) atoms. The highest BCUT2D eigenvalue weighted by Crippen LogP contribution is 2.25. The molecule has 0 aliphatic rings. The summed E-state index contributed by atoms with van der Waals surface area (Å²) < 4.78 is 5.28. The van der Waals surface area contributed by atoms with Crippen molar-refractivity contribution in [2.75, 3.05) is 13.7 Å². The summed E-state index contributed by atoms with van der Waals surface area (Å²) in [5, 5.41) is 4.28. The zero-order chi connectivity index (χ0) is 20.1. The number of hydrogen-bond donors (Lipinski definition) is 2. The van der Waals surface area contributed by atoms with E-state index in [9.17, 15) is 4.79 Å². The van der Waals surface area contributed by atoms with Crippen LogP contribution in [-0.4, -0.2) is 24.5 Å². The van der Waals surface area contributed by atoms with Crippen LogP contribution >= 0.6 is 0 Å². The van der Waals surface area contributed by atoms with Gasteiger partial charge in [-0.05, 0) is 35.2 Å². The van der Waals surface area contributed by atoms with E-state index in [1.54, 1.807) is 7.11 Å². The van der Waals surface area contributed by atoms with Crippen LogP contribution in [0.1, 0.15) is 22.6 Å². The summed E-state index contributed by atoms with van der Waals surface area (Å²) in [6.07, 6.45) is 2.76. The first-order valence-corrected chi connectivity index (χ1v) is 9.78. The summed E-state index contributed by atoms with van der Waals surface area (Å²) >= 11 is 0. The van der Waals surface area contributed by atoms with Crippen molar-refractivity contribution in [3.05, 3.63) is 102 Å². The Kier molecular flexibility index (Phi) is 5.61. The van der Waals surface area contributed by atoms with Crippen molar-refractivity contribution in [2.24, 2.45) is 0 Å². The highest BCUT2D eigenvalue weighted by atomic mass is 16.5. The molecular formula is C25H24N2O2. The van der Waals surface area contributed by atoms with Gasteiger partial charge in [-0.3, -0.25) is 4.79 Å². The van der Waals surface area contributed by atoms with Crippen molar-refractivity contribution in [1.82, 2.24) is 10.3 Å². The fourth-order valence-corrected chi connectivity index (χ4v) is 3.71. The van der Waals surface area contributed by atoms with Crippen LogP contribution in [0.2, 0.25) is 0 Å². The standard InChI is InChI=1S/C25H24N2O2/c1-29-21-12-13-22-20(17-27-23(22)16-21)14-15-26-25(28)24(18-8-4-2-5-9-18)19-10-6-3-7-11-19/h2-13,16-17,24,27H,14-15H2,1H3,(H,26,28). The van der Waals surface area contributed by atoms with Gasteiger partial charge in [-0.1, -0.05) is 60.7 Å². The van der Waals surface area contributed by atoms with Crippen molar-refractivity contribution in [1.29, 1.82) is 0 Å². The molecule has 4 aromatic rings. The second-order valence-electron chi connectivity index (χ2n) is 7.02. The van der Waals surface area contributed by atoms with E-state index in [0.717, 1.165) is 34.2 Å². The van der Waals surface area contributed by atoms with E-state index >= 15 is 0 Å². The number of nitrogens with one attached hydrogen (secondary N) is 2. The third kappa shape index (κ3) is 4.16. The topological polar surface area (TPSA) is 54.1 Å². The molecule has 0 saturated carbocycles. The number of aromatic nitrogens is 1. The minimum Gasteiger partial charge on any atom is -0.497 e. The lowest BCUT2D eigenvalue weighted by Gasteiger charge is -2.18. The summed E-state index contributed by atoms with van der Waals surface area (Å²) in [5.41, 5.74) is 4.21. The average Bonchev–Trinajstić information content (AvgIpc) is 3.17. The minimum absolute atomic E-state index is 0.0175. The van der Waals surface area contributed by atoms with E-state index in [1.807, 2.05) is 79.0 Å². The smallest absolute Gasteiger partial charge is 0.232 e. The predicted molar refractivity (Wildman–Crippen MR) is 116 cm³/mol. The third-order valence-corrected chi connectivity index (χ3v) is 5.20. The summed E-state index contributed by atoms with van der Waals surface area (Å²) in [6.45, 7) is 0.577. The SMILES string of the molecule is COc1ccc2c(CCNC(=O)C(c3ccccc3)c3ccccc3)c[nH]c2c1. The summed E-state index contributed by atoms with van der Waals surface area (Å²) in [7, 11) is 1.66. The molecule has 0 radical (unpaired) electrons. The molecule has 1 aromatic heterocycles. The highest BCUT2D eigenvalue weighted by molar-refractivity contribution is 5.87. The molecule has 0 unspecified atom stereocenters. The number of rotatable bonds is 7. The van der Waals surface area contributed by atoms with Gasteiger partial charge in [0, 0.05) is 29.7 Å². The largest absolute Gasteiger partial charge is 0.497 e. The van der Waals surface area contributed by atoms with Crippen LogP contribution in [-0.2, 0) is 11.2 Å². The van der Waals surface area contributed by atoms with E-state index in [1.165, 1.54) is 5.56 Å². The van der Waals surface area contributed by atoms with Gasteiger partial charge >= 0.3 is 0 Å². The van der Waals surface area contributed by atoms with Crippen molar-refractivity contribution < 1.29 is 9.53 Å². The lowest BCUT2D eigenvalue weighted by molar-refractivity contribution is -0.121. The Bertz CT molecular complexity index is 1050. The lowest BCUT2D eigenvalue weighted by Crippen LogP contribution is -2.31. The first kappa shape index (κ1) is 18.8. The Balaban J connectivity index is 1.47. The number of ether oxygens (including phenoxy) is 1. The first-order valence-electron chi connectivity index (χ1n) is 9.78. The molecule has 146 valence electrons. The number of H-pyrrole nitrogens is 1. The third-order valence-electron chi connectivity index (χ3n) is 5.20. The monoisotopic (exact) mass is 384 g/mol. The van der Waals surface area contributed by atoms with Crippen LogP contribution in [0, 0.1) is 0 Å². The maximum Gasteiger partial charge on any atom is 0.232 e. The molecule has 0 spiro atoms. The summed E-state index contributed by atoms with van der Waals surface area (Å²) in [5.74, 6) is 0.529. The van der Waals surface area contributed by atoms with Gasteiger partial charge in [-0.15, -0.1) is 0 Å². The normalized spacial score (nSPS) is 11.0. The van der Waals surface area contributed by atoms with Gasteiger partial charge in [0.1, 0.15) is 5.75 Å². The fraction of sp³-hybridized carbons (Fsp3) is 0.160. The van der Waals surface area contributed by atoms with Crippen LogP contribution < -0.4 is 10.1 Å². The lowest BCUT2D eigenvalue weighted by atomic mass is 9.90. The van der Waals surface area contributed by atoms with E-state index < -0.39 is 0 Å². The van der Waals surface area contributed by atoms with Gasteiger partial charge in [-0.2, -0.15) is 0 Å². The number of amides is 1.